The zero-order chi connectivity index (χ0) is 13.1. The summed E-state index contributed by atoms with van der Waals surface area (Å²) in [6.07, 6.45) is 3.25. The maximum atomic E-state index is 6.00. The topological polar surface area (TPSA) is 36.9 Å². The Morgan fingerprint density at radius 2 is 1.76 bits per heavy atom. The van der Waals surface area contributed by atoms with Crippen molar-refractivity contribution < 1.29 is 18.0 Å². The van der Waals surface area contributed by atoms with Gasteiger partial charge in [-0.05, 0) is 26.7 Å². The fourth-order valence-corrected chi connectivity index (χ4v) is 3.94. The second-order valence-electron chi connectivity index (χ2n) is 4.11. The summed E-state index contributed by atoms with van der Waals surface area (Å²) < 4.78 is 22.4. The average molecular weight is 264 g/mol. The lowest BCUT2D eigenvalue weighted by molar-refractivity contribution is 0.0552. The smallest absolute Gasteiger partial charge is 0.382 e. The molecule has 0 aliphatic carbocycles. The lowest BCUT2D eigenvalue weighted by atomic mass is 10.2. The van der Waals surface area contributed by atoms with Crippen molar-refractivity contribution in [2.45, 2.75) is 52.2 Å². The third-order valence-electron chi connectivity index (χ3n) is 2.67. The van der Waals surface area contributed by atoms with E-state index in [1.165, 1.54) is 0 Å². The number of hydrogen-bond acceptors (Lipinski definition) is 4. The van der Waals surface area contributed by atoms with Crippen molar-refractivity contribution in [1.29, 1.82) is 0 Å². The predicted octanol–water partition coefficient (Wildman–Crippen LogP) is 2.85. The van der Waals surface area contributed by atoms with Crippen molar-refractivity contribution in [2.75, 3.05) is 27.4 Å². The van der Waals surface area contributed by atoms with Gasteiger partial charge in [-0.1, -0.05) is 13.3 Å². The second-order valence-corrected chi connectivity index (χ2v) is 7.03. The highest BCUT2D eigenvalue weighted by molar-refractivity contribution is 6.60. The molecule has 0 N–H and O–H groups in total. The van der Waals surface area contributed by atoms with Crippen LogP contribution in [0.5, 0.6) is 0 Å². The monoisotopic (exact) mass is 264 g/mol. The molecule has 4 nitrogen and oxygen atoms in total. The lowest BCUT2D eigenvalue weighted by Gasteiger charge is -2.29. The van der Waals surface area contributed by atoms with Gasteiger partial charge >= 0.3 is 8.80 Å². The van der Waals surface area contributed by atoms with E-state index in [1.807, 2.05) is 6.92 Å². The minimum atomic E-state index is -2.47. The summed E-state index contributed by atoms with van der Waals surface area (Å²) in [5.41, 5.74) is 0. The van der Waals surface area contributed by atoms with E-state index in [1.54, 1.807) is 14.2 Å². The van der Waals surface area contributed by atoms with Gasteiger partial charge in [-0.2, -0.15) is 0 Å². The SMILES string of the molecule is CCCC(C)O[Si](CCCOCC)(OC)OC. The first kappa shape index (κ1) is 17.1. The van der Waals surface area contributed by atoms with Crippen LogP contribution < -0.4 is 0 Å². The fourth-order valence-electron chi connectivity index (χ4n) is 1.75. The van der Waals surface area contributed by atoms with Crippen molar-refractivity contribution >= 4 is 8.80 Å². The van der Waals surface area contributed by atoms with Gasteiger partial charge in [0, 0.05) is 39.6 Å². The molecule has 0 heterocycles. The molecule has 1 atom stereocenters. The van der Waals surface area contributed by atoms with Crippen LogP contribution in [0.15, 0.2) is 0 Å². The average Bonchev–Trinajstić information content (AvgIpc) is 2.33. The van der Waals surface area contributed by atoms with E-state index in [0.29, 0.717) is 0 Å². The third-order valence-corrected chi connectivity index (χ3v) is 5.65. The zero-order valence-electron chi connectivity index (χ0n) is 12.0. The van der Waals surface area contributed by atoms with Gasteiger partial charge in [0.2, 0.25) is 0 Å². The molecule has 0 amide bonds. The van der Waals surface area contributed by atoms with Gasteiger partial charge in [0.05, 0.1) is 0 Å². The van der Waals surface area contributed by atoms with Crippen molar-refractivity contribution in [2.24, 2.45) is 0 Å². The highest BCUT2D eigenvalue weighted by Crippen LogP contribution is 2.19. The lowest BCUT2D eigenvalue weighted by Crippen LogP contribution is -2.46. The van der Waals surface area contributed by atoms with E-state index in [4.69, 9.17) is 18.0 Å². The Hall–Kier alpha value is 0.0569. The molecule has 0 fully saturated rings. The molecule has 1 unspecified atom stereocenters. The van der Waals surface area contributed by atoms with Crippen LogP contribution in [-0.2, 0) is 18.0 Å². The minimum Gasteiger partial charge on any atom is -0.382 e. The summed E-state index contributed by atoms with van der Waals surface area (Å²) >= 11 is 0. The molecule has 0 rings (SSSR count). The summed E-state index contributed by atoms with van der Waals surface area (Å²) in [4.78, 5) is 0. The van der Waals surface area contributed by atoms with E-state index in [2.05, 4.69) is 13.8 Å². The summed E-state index contributed by atoms with van der Waals surface area (Å²) in [6.45, 7) is 7.71. The molecular formula is C12H28O4Si. The van der Waals surface area contributed by atoms with Crippen LogP contribution in [0.4, 0.5) is 0 Å². The molecule has 0 bridgehead atoms. The van der Waals surface area contributed by atoms with Gasteiger partial charge in [0.15, 0.2) is 0 Å². The van der Waals surface area contributed by atoms with E-state index in [9.17, 15) is 0 Å². The molecule has 0 radical (unpaired) electrons. The zero-order valence-corrected chi connectivity index (χ0v) is 13.0. The van der Waals surface area contributed by atoms with Crippen LogP contribution >= 0.6 is 0 Å². The molecule has 0 aliphatic rings. The van der Waals surface area contributed by atoms with E-state index < -0.39 is 8.80 Å². The van der Waals surface area contributed by atoms with Crippen LogP contribution in [0, 0.1) is 0 Å². The summed E-state index contributed by atoms with van der Waals surface area (Å²) in [5, 5.41) is 0. The third kappa shape index (κ3) is 7.16. The van der Waals surface area contributed by atoms with Crippen molar-refractivity contribution in [3.8, 4) is 0 Å². The Bertz CT molecular complexity index is 174. The summed E-state index contributed by atoms with van der Waals surface area (Å²) in [7, 11) is 0.878. The molecular weight excluding hydrogens is 236 g/mol. The van der Waals surface area contributed by atoms with Crippen molar-refractivity contribution in [3.05, 3.63) is 0 Å². The van der Waals surface area contributed by atoms with Gasteiger partial charge in [-0.3, -0.25) is 0 Å². The maximum Gasteiger partial charge on any atom is 0.500 e. The molecule has 104 valence electrons. The Labute approximate surface area is 107 Å². The number of rotatable bonds is 11. The second kappa shape index (κ2) is 10.0. The minimum absolute atomic E-state index is 0.193. The quantitative estimate of drug-likeness (QED) is 0.425. The van der Waals surface area contributed by atoms with Gasteiger partial charge in [0.1, 0.15) is 0 Å². The first-order chi connectivity index (χ1) is 8.14. The van der Waals surface area contributed by atoms with Crippen LogP contribution in [0.1, 0.15) is 40.0 Å². The van der Waals surface area contributed by atoms with Gasteiger partial charge in [-0.25, -0.2) is 0 Å². The number of ether oxygens (including phenoxy) is 1. The number of hydrogen-bond donors (Lipinski definition) is 0. The van der Waals surface area contributed by atoms with Gasteiger partial charge in [0.25, 0.3) is 0 Å². The summed E-state index contributed by atoms with van der Waals surface area (Å²) in [5.74, 6) is 0. The van der Waals surface area contributed by atoms with Gasteiger partial charge < -0.3 is 18.0 Å². The normalized spacial score (nSPS) is 13.9. The first-order valence-corrected chi connectivity index (χ1v) is 8.43. The molecule has 0 aromatic carbocycles. The molecule has 0 aromatic rings. The maximum absolute atomic E-state index is 6.00. The largest absolute Gasteiger partial charge is 0.500 e. The van der Waals surface area contributed by atoms with Crippen LogP contribution in [0.25, 0.3) is 0 Å². The van der Waals surface area contributed by atoms with Crippen LogP contribution in [0.2, 0.25) is 6.04 Å². The molecule has 5 heteroatoms. The standard InChI is InChI=1S/C12H28O4Si/c1-6-9-12(3)16-17(13-4,14-5)11-8-10-15-7-2/h12H,6-11H2,1-5H3. The van der Waals surface area contributed by atoms with Gasteiger partial charge in [-0.15, -0.1) is 0 Å². The molecule has 0 saturated carbocycles. The molecule has 17 heavy (non-hydrogen) atoms. The molecule has 0 aromatic heterocycles. The highest BCUT2D eigenvalue weighted by atomic mass is 28.4. The van der Waals surface area contributed by atoms with E-state index in [0.717, 1.165) is 38.5 Å². The highest BCUT2D eigenvalue weighted by Gasteiger charge is 2.39. The Morgan fingerprint density at radius 3 is 2.24 bits per heavy atom. The predicted molar refractivity (Wildman–Crippen MR) is 71.1 cm³/mol. The van der Waals surface area contributed by atoms with Crippen molar-refractivity contribution in [3.63, 3.8) is 0 Å². The van der Waals surface area contributed by atoms with E-state index in [-0.39, 0.29) is 6.10 Å². The molecule has 0 spiro atoms. The van der Waals surface area contributed by atoms with Crippen molar-refractivity contribution in [1.82, 2.24) is 0 Å². The Kier molecular flexibility index (Phi) is 10.1. The fraction of sp³-hybridized carbons (Fsp3) is 1.00. The summed E-state index contributed by atoms with van der Waals surface area (Å²) in [6, 6.07) is 0.814. The first-order valence-electron chi connectivity index (χ1n) is 6.50. The molecule has 0 aliphatic heterocycles. The van der Waals surface area contributed by atoms with Crippen LogP contribution in [0.3, 0.4) is 0 Å². The molecule has 0 saturated heterocycles. The van der Waals surface area contributed by atoms with Crippen LogP contribution in [-0.4, -0.2) is 42.3 Å². The Morgan fingerprint density at radius 1 is 1.12 bits per heavy atom. The Balaban J connectivity index is 4.14. The van der Waals surface area contributed by atoms with E-state index >= 15 is 0 Å².